The van der Waals surface area contributed by atoms with Crippen molar-refractivity contribution in [2.45, 2.75) is 37.9 Å². The Kier molecular flexibility index (Phi) is 6.02. The fourth-order valence-electron chi connectivity index (χ4n) is 2.66. The third-order valence-corrected chi connectivity index (χ3v) is 3.78. The zero-order valence-corrected chi connectivity index (χ0v) is 12.2. The number of aliphatic hydroxyl groups excluding tert-OH is 1. The van der Waals surface area contributed by atoms with Crippen molar-refractivity contribution < 1.29 is 19.4 Å². The molecule has 0 radical (unpaired) electrons. The molecule has 0 atom stereocenters. The average Bonchev–Trinajstić information content (AvgIpc) is 2.99. The molecule has 1 saturated carbocycles. The summed E-state index contributed by atoms with van der Waals surface area (Å²) in [6.45, 7) is 0.999. The highest BCUT2D eigenvalue weighted by atomic mass is 16.5. The van der Waals surface area contributed by atoms with Gasteiger partial charge in [0.1, 0.15) is 6.61 Å². The first-order valence-corrected chi connectivity index (χ1v) is 7.43. The van der Waals surface area contributed by atoms with Crippen molar-refractivity contribution in [2.75, 3.05) is 19.8 Å². The average molecular weight is 293 g/mol. The van der Waals surface area contributed by atoms with Crippen molar-refractivity contribution in [3.63, 3.8) is 0 Å². The lowest BCUT2D eigenvalue weighted by Crippen LogP contribution is -2.43. The van der Waals surface area contributed by atoms with Gasteiger partial charge < -0.3 is 19.9 Å². The minimum absolute atomic E-state index is 0.000202. The second kappa shape index (κ2) is 8.00. The number of hydrogen-bond donors (Lipinski definition) is 2. The Morgan fingerprint density at radius 3 is 2.62 bits per heavy atom. The van der Waals surface area contributed by atoms with Gasteiger partial charge in [-0.2, -0.15) is 0 Å². The van der Waals surface area contributed by atoms with Crippen molar-refractivity contribution in [1.29, 1.82) is 0 Å². The van der Waals surface area contributed by atoms with Gasteiger partial charge in [-0.3, -0.25) is 0 Å². The summed E-state index contributed by atoms with van der Waals surface area (Å²) in [4.78, 5) is 11.8. The first-order valence-electron chi connectivity index (χ1n) is 7.43. The Balaban J connectivity index is 1.74. The van der Waals surface area contributed by atoms with E-state index in [-0.39, 0.29) is 18.8 Å². The van der Waals surface area contributed by atoms with Gasteiger partial charge in [0.2, 0.25) is 0 Å². The van der Waals surface area contributed by atoms with E-state index in [0.29, 0.717) is 13.2 Å². The molecule has 2 rings (SSSR count). The molecule has 0 aromatic heterocycles. The molecule has 0 heterocycles. The van der Waals surface area contributed by atoms with E-state index in [9.17, 15) is 4.79 Å². The minimum atomic E-state index is -0.433. The fourth-order valence-corrected chi connectivity index (χ4v) is 2.66. The second-order valence-electron chi connectivity index (χ2n) is 5.38. The molecule has 21 heavy (non-hydrogen) atoms. The zero-order chi connectivity index (χ0) is 15.0. The van der Waals surface area contributed by atoms with E-state index in [2.05, 4.69) is 5.32 Å². The third-order valence-electron chi connectivity index (χ3n) is 3.78. The van der Waals surface area contributed by atoms with E-state index >= 15 is 0 Å². The number of benzene rings is 1. The molecule has 0 spiro atoms. The summed E-state index contributed by atoms with van der Waals surface area (Å²) in [6, 6.07) is 9.57. The lowest BCUT2D eigenvalue weighted by atomic mass is 10.0. The van der Waals surface area contributed by atoms with Gasteiger partial charge in [-0.25, -0.2) is 4.79 Å². The van der Waals surface area contributed by atoms with Crippen molar-refractivity contribution >= 4 is 6.09 Å². The summed E-state index contributed by atoms with van der Waals surface area (Å²) >= 11 is 0. The Morgan fingerprint density at radius 2 is 1.95 bits per heavy atom. The molecule has 1 aromatic carbocycles. The van der Waals surface area contributed by atoms with Crippen LogP contribution in [0.15, 0.2) is 30.3 Å². The molecule has 2 N–H and O–H groups in total. The maximum Gasteiger partial charge on any atom is 0.407 e. The maximum atomic E-state index is 11.8. The number of rotatable bonds is 7. The van der Waals surface area contributed by atoms with Crippen LogP contribution in [-0.4, -0.2) is 36.6 Å². The van der Waals surface area contributed by atoms with Crippen molar-refractivity contribution in [3.8, 4) is 0 Å². The lowest BCUT2D eigenvalue weighted by molar-refractivity contribution is -0.0518. The number of nitrogens with one attached hydrogen (secondary N) is 1. The molecule has 116 valence electrons. The van der Waals surface area contributed by atoms with Crippen molar-refractivity contribution in [3.05, 3.63) is 35.9 Å². The zero-order valence-electron chi connectivity index (χ0n) is 12.2. The van der Waals surface area contributed by atoms with Crippen LogP contribution < -0.4 is 5.32 Å². The van der Waals surface area contributed by atoms with Crippen LogP contribution in [0, 0.1) is 0 Å². The molecule has 1 amide bonds. The van der Waals surface area contributed by atoms with Crippen LogP contribution in [0.25, 0.3) is 0 Å². The number of amides is 1. The van der Waals surface area contributed by atoms with E-state index < -0.39 is 6.09 Å². The van der Waals surface area contributed by atoms with E-state index in [4.69, 9.17) is 14.6 Å². The number of alkyl carbamates (subject to hydrolysis) is 1. The van der Waals surface area contributed by atoms with Crippen LogP contribution in [0.1, 0.15) is 31.2 Å². The summed E-state index contributed by atoms with van der Waals surface area (Å²) in [7, 11) is 0. The molecule has 0 unspecified atom stereocenters. The second-order valence-corrected chi connectivity index (χ2v) is 5.38. The predicted octanol–water partition coefficient (Wildman–Crippen LogP) is 2.23. The quantitative estimate of drug-likeness (QED) is 0.809. The molecule has 1 aliphatic rings. The largest absolute Gasteiger partial charge is 0.445 e. The maximum absolute atomic E-state index is 11.8. The monoisotopic (exact) mass is 293 g/mol. The molecular weight excluding hydrogens is 270 g/mol. The van der Waals surface area contributed by atoms with Crippen LogP contribution in [-0.2, 0) is 16.1 Å². The van der Waals surface area contributed by atoms with Crippen LogP contribution in [0.5, 0.6) is 0 Å². The van der Waals surface area contributed by atoms with E-state index in [1.54, 1.807) is 0 Å². The summed E-state index contributed by atoms with van der Waals surface area (Å²) in [6.07, 6.45) is 3.56. The topological polar surface area (TPSA) is 67.8 Å². The molecule has 0 bridgehead atoms. The molecular formula is C16H23NO4. The SMILES string of the molecule is O=C(NCC1(OCCO)CCCC1)OCc1ccccc1. The molecule has 0 saturated heterocycles. The standard InChI is InChI=1S/C16H23NO4/c18-10-11-21-16(8-4-5-9-16)13-17-15(19)20-12-14-6-2-1-3-7-14/h1-3,6-7,18H,4-5,8-13H2,(H,17,19). The first kappa shape index (κ1) is 15.8. The highest BCUT2D eigenvalue weighted by molar-refractivity contribution is 5.67. The summed E-state index contributed by atoms with van der Waals surface area (Å²) in [5.74, 6) is 0. The van der Waals surface area contributed by atoms with Gasteiger partial charge in [-0.15, -0.1) is 0 Å². The molecule has 1 fully saturated rings. The van der Waals surface area contributed by atoms with Gasteiger partial charge in [-0.05, 0) is 18.4 Å². The lowest BCUT2D eigenvalue weighted by Gasteiger charge is -2.29. The number of hydrogen-bond acceptors (Lipinski definition) is 4. The van der Waals surface area contributed by atoms with Crippen molar-refractivity contribution in [1.82, 2.24) is 5.32 Å². The highest BCUT2D eigenvalue weighted by Crippen LogP contribution is 2.32. The fraction of sp³-hybridized carbons (Fsp3) is 0.562. The molecule has 5 nitrogen and oxygen atoms in total. The van der Waals surface area contributed by atoms with Crippen LogP contribution in [0.4, 0.5) is 4.79 Å². The van der Waals surface area contributed by atoms with Gasteiger partial charge in [0, 0.05) is 6.54 Å². The normalized spacial score (nSPS) is 16.6. The van der Waals surface area contributed by atoms with E-state index in [1.165, 1.54) is 0 Å². The van der Waals surface area contributed by atoms with Crippen molar-refractivity contribution in [2.24, 2.45) is 0 Å². The molecule has 1 aliphatic carbocycles. The van der Waals surface area contributed by atoms with Gasteiger partial charge in [0.25, 0.3) is 0 Å². The summed E-state index contributed by atoms with van der Waals surface area (Å²) in [5.41, 5.74) is 0.619. The first-order chi connectivity index (χ1) is 10.2. The highest BCUT2D eigenvalue weighted by Gasteiger charge is 2.35. The predicted molar refractivity (Wildman–Crippen MR) is 78.9 cm³/mol. The van der Waals surface area contributed by atoms with Gasteiger partial charge >= 0.3 is 6.09 Å². The Morgan fingerprint density at radius 1 is 1.24 bits per heavy atom. The van der Waals surface area contributed by atoms with Gasteiger partial charge in [0.05, 0.1) is 18.8 Å². The van der Waals surface area contributed by atoms with Crippen LogP contribution >= 0.6 is 0 Å². The number of carbonyl (C=O) groups is 1. The molecule has 5 heteroatoms. The van der Waals surface area contributed by atoms with E-state index in [1.807, 2.05) is 30.3 Å². The Hall–Kier alpha value is -1.59. The summed E-state index contributed by atoms with van der Waals surface area (Å²) in [5, 5.41) is 11.7. The molecule has 0 aliphatic heterocycles. The van der Waals surface area contributed by atoms with E-state index in [0.717, 1.165) is 31.2 Å². The van der Waals surface area contributed by atoms with Crippen LogP contribution in [0.3, 0.4) is 0 Å². The molecule has 1 aromatic rings. The number of ether oxygens (including phenoxy) is 2. The smallest absolute Gasteiger partial charge is 0.407 e. The number of aliphatic hydroxyl groups is 1. The van der Waals surface area contributed by atoms with Gasteiger partial charge in [-0.1, -0.05) is 43.2 Å². The van der Waals surface area contributed by atoms with Gasteiger partial charge in [0.15, 0.2) is 0 Å². The van der Waals surface area contributed by atoms with Crippen LogP contribution in [0.2, 0.25) is 0 Å². The third kappa shape index (κ3) is 5.02. The Bertz CT molecular complexity index is 429. The minimum Gasteiger partial charge on any atom is -0.445 e. The number of carbonyl (C=O) groups excluding carboxylic acids is 1. The Labute approximate surface area is 125 Å². The summed E-state index contributed by atoms with van der Waals surface area (Å²) < 4.78 is 10.9.